The number of para-hydroxylation sites is 1. The minimum Gasteiger partial charge on any atom is -0.356 e. The smallest absolute Gasteiger partial charge is 0.228 e. The van der Waals surface area contributed by atoms with Gasteiger partial charge in [0.25, 0.3) is 0 Å². The Morgan fingerprint density at radius 3 is 2.71 bits per heavy atom. The molecule has 142 valence electrons. The second-order valence-corrected chi connectivity index (χ2v) is 7.12. The van der Waals surface area contributed by atoms with Gasteiger partial charge in [-0.05, 0) is 36.2 Å². The van der Waals surface area contributed by atoms with Crippen molar-refractivity contribution < 1.29 is 9.32 Å². The molecule has 0 aliphatic carbocycles. The number of rotatable bonds is 4. The van der Waals surface area contributed by atoms with E-state index in [0.29, 0.717) is 17.8 Å². The Hall–Kier alpha value is -3.17. The molecule has 3 aromatic rings. The van der Waals surface area contributed by atoms with Crippen LogP contribution in [0.4, 0.5) is 0 Å². The summed E-state index contributed by atoms with van der Waals surface area (Å²) in [6.07, 6.45) is 1.22. The number of hydrogen-bond donors (Lipinski definition) is 0. The molecule has 6 heteroatoms. The number of benzene rings is 2. The third-order valence-electron chi connectivity index (χ3n) is 5.20. The van der Waals surface area contributed by atoms with Gasteiger partial charge in [-0.15, -0.1) is 0 Å². The molecule has 1 amide bonds. The van der Waals surface area contributed by atoms with Crippen molar-refractivity contribution in [2.45, 2.75) is 19.4 Å². The van der Waals surface area contributed by atoms with Crippen LogP contribution in [0.1, 0.15) is 23.2 Å². The molecule has 1 fully saturated rings. The number of hydrogen-bond acceptors (Lipinski definition) is 5. The lowest BCUT2D eigenvalue weighted by molar-refractivity contribution is -0.130. The Kier molecular flexibility index (Phi) is 5.36. The fraction of sp³-hybridized carbons (Fsp3) is 0.318. The van der Waals surface area contributed by atoms with Gasteiger partial charge < -0.3 is 9.42 Å². The van der Waals surface area contributed by atoms with Gasteiger partial charge in [0.2, 0.25) is 5.91 Å². The molecule has 0 N–H and O–H groups in total. The van der Waals surface area contributed by atoms with Crippen molar-refractivity contribution in [2.75, 3.05) is 26.2 Å². The summed E-state index contributed by atoms with van der Waals surface area (Å²) in [5, 5.41) is 13.9. The Morgan fingerprint density at radius 2 is 1.89 bits per heavy atom. The number of amides is 1. The van der Waals surface area contributed by atoms with Crippen LogP contribution in [0.25, 0.3) is 11.0 Å². The van der Waals surface area contributed by atoms with Crippen molar-refractivity contribution in [3.8, 4) is 6.07 Å². The van der Waals surface area contributed by atoms with Crippen LogP contribution in [-0.2, 0) is 17.8 Å². The first-order chi connectivity index (χ1) is 13.7. The zero-order valence-electron chi connectivity index (χ0n) is 15.7. The highest BCUT2D eigenvalue weighted by Gasteiger charge is 2.21. The Balaban J connectivity index is 1.35. The van der Waals surface area contributed by atoms with E-state index in [1.165, 1.54) is 5.56 Å². The number of carbonyl (C=O) groups is 1. The topological polar surface area (TPSA) is 73.4 Å². The Labute approximate surface area is 163 Å². The largest absolute Gasteiger partial charge is 0.356 e. The van der Waals surface area contributed by atoms with Gasteiger partial charge in [-0.3, -0.25) is 9.69 Å². The molecule has 28 heavy (non-hydrogen) atoms. The van der Waals surface area contributed by atoms with E-state index in [2.05, 4.69) is 16.1 Å². The third-order valence-corrected chi connectivity index (χ3v) is 5.20. The van der Waals surface area contributed by atoms with Gasteiger partial charge in [-0.2, -0.15) is 5.26 Å². The molecule has 2 aromatic carbocycles. The Bertz CT molecular complexity index is 1000. The van der Waals surface area contributed by atoms with Gasteiger partial charge in [-0.25, -0.2) is 0 Å². The molecule has 6 nitrogen and oxygen atoms in total. The van der Waals surface area contributed by atoms with Crippen LogP contribution in [0, 0.1) is 11.3 Å². The van der Waals surface area contributed by atoms with Crippen molar-refractivity contribution in [1.82, 2.24) is 15.0 Å². The fourth-order valence-corrected chi connectivity index (χ4v) is 3.64. The highest BCUT2D eigenvalue weighted by molar-refractivity contribution is 5.86. The number of nitrogens with zero attached hydrogens (tertiary/aromatic N) is 4. The molecule has 2 heterocycles. The molecule has 0 spiro atoms. The maximum atomic E-state index is 12.8. The van der Waals surface area contributed by atoms with Gasteiger partial charge in [0.05, 0.1) is 18.1 Å². The molecule has 0 bridgehead atoms. The van der Waals surface area contributed by atoms with E-state index in [1.54, 1.807) is 0 Å². The molecule has 0 unspecified atom stereocenters. The lowest BCUT2D eigenvalue weighted by Gasteiger charge is -2.22. The normalized spacial score (nSPS) is 15.3. The van der Waals surface area contributed by atoms with Crippen molar-refractivity contribution in [1.29, 1.82) is 5.26 Å². The summed E-state index contributed by atoms with van der Waals surface area (Å²) in [6, 6.07) is 17.5. The van der Waals surface area contributed by atoms with E-state index < -0.39 is 0 Å². The van der Waals surface area contributed by atoms with Gasteiger partial charge in [0.15, 0.2) is 5.58 Å². The SMILES string of the molecule is N#Cc1ccc(CN2CCCN(C(=O)Cc3noc4ccccc34)CC2)cc1. The average molecular weight is 374 g/mol. The molecule has 0 radical (unpaired) electrons. The minimum absolute atomic E-state index is 0.0966. The minimum atomic E-state index is 0.0966. The average Bonchev–Trinajstić information content (AvgIpc) is 2.98. The number of nitriles is 1. The van der Waals surface area contributed by atoms with Crippen LogP contribution in [0.2, 0.25) is 0 Å². The summed E-state index contributed by atoms with van der Waals surface area (Å²) in [7, 11) is 0. The second kappa shape index (κ2) is 8.24. The number of aromatic nitrogens is 1. The van der Waals surface area contributed by atoms with Gasteiger partial charge in [-0.1, -0.05) is 29.4 Å². The molecule has 0 atom stereocenters. The first-order valence-electron chi connectivity index (χ1n) is 9.55. The summed E-state index contributed by atoms with van der Waals surface area (Å²) >= 11 is 0. The summed E-state index contributed by atoms with van der Waals surface area (Å²) in [6.45, 7) is 4.10. The van der Waals surface area contributed by atoms with Crippen molar-refractivity contribution in [3.05, 3.63) is 65.4 Å². The quantitative estimate of drug-likeness (QED) is 0.702. The second-order valence-electron chi connectivity index (χ2n) is 7.12. The molecule has 1 aromatic heterocycles. The highest BCUT2D eigenvalue weighted by Crippen LogP contribution is 2.19. The fourth-order valence-electron chi connectivity index (χ4n) is 3.64. The molecule has 1 saturated heterocycles. The maximum absolute atomic E-state index is 12.8. The van der Waals surface area contributed by atoms with Crippen LogP contribution < -0.4 is 0 Å². The van der Waals surface area contributed by atoms with E-state index >= 15 is 0 Å². The number of fused-ring (bicyclic) bond motifs is 1. The molecular formula is C22H22N4O2. The van der Waals surface area contributed by atoms with Crippen LogP contribution in [0.3, 0.4) is 0 Å². The van der Waals surface area contributed by atoms with E-state index in [0.717, 1.165) is 43.6 Å². The highest BCUT2D eigenvalue weighted by atomic mass is 16.5. The van der Waals surface area contributed by atoms with Crippen molar-refractivity contribution in [3.63, 3.8) is 0 Å². The first kappa shape index (κ1) is 18.2. The summed E-state index contributed by atoms with van der Waals surface area (Å²) in [4.78, 5) is 17.1. The van der Waals surface area contributed by atoms with E-state index in [1.807, 2.05) is 53.4 Å². The molecule has 4 rings (SSSR count). The predicted molar refractivity (Wildman–Crippen MR) is 105 cm³/mol. The zero-order valence-corrected chi connectivity index (χ0v) is 15.7. The molecule has 0 saturated carbocycles. The zero-order chi connectivity index (χ0) is 19.3. The van der Waals surface area contributed by atoms with Gasteiger partial charge >= 0.3 is 0 Å². The predicted octanol–water partition coefficient (Wildman–Crippen LogP) is 2.98. The van der Waals surface area contributed by atoms with Crippen LogP contribution in [0.5, 0.6) is 0 Å². The lowest BCUT2D eigenvalue weighted by atomic mass is 10.1. The van der Waals surface area contributed by atoms with Crippen molar-refractivity contribution >= 4 is 16.9 Å². The maximum Gasteiger partial charge on any atom is 0.228 e. The molecule has 1 aliphatic heterocycles. The van der Waals surface area contributed by atoms with Crippen LogP contribution >= 0.6 is 0 Å². The first-order valence-corrected chi connectivity index (χ1v) is 9.55. The third kappa shape index (κ3) is 4.05. The monoisotopic (exact) mass is 374 g/mol. The van der Waals surface area contributed by atoms with Gasteiger partial charge in [0, 0.05) is 38.1 Å². The van der Waals surface area contributed by atoms with Crippen LogP contribution in [-0.4, -0.2) is 47.0 Å². The Morgan fingerprint density at radius 1 is 1.07 bits per heavy atom. The van der Waals surface area contributed by atoms with Gasteiger partial charge in [0.1, 0.15) is 5.69 Å². The summed E-state index contributed by atoms with van der Waals surface area (Å²) in [5.41, 5.74) is 3.29. The van der Waals surface area contributed by atoms with E-state index in [-0.39, 0.29) is 12.3 Å². The van der Waals surface area contributed by atoms with E-state index in [9.17, 15) is 4.79 Å². The number of carbonyl (C=O) groups excluding carboxylic acids is 1. The summed E-state index contributed by atoms with van der Waals surface area (Å²) < 4.78 is 5.31. The lowest BCUT2D eigenvalue weighted by Crippen LogP contribution is -2.36. The molecule has 1 aliphatic rings. The van der Waals surface area contributed by atoms with Crippen molar-refractivity contribution in [2.24, 2.45) is 0 Å². The van der Waals surface area contributed by atoms with E-state index in [4.69, 9.17) is 9.78 Å². The molecular weight excluding hydrogens is 352 g/mol. The summed E-state index contributed by atoms with van der Waals surface area (Å²) in [5.74, 6) is 0.0966. The standard InChI is InChI=1S/C22H22N4O2/c23-15-17-6-8-18(9-7-17)16-25-10-3-11-26(13-12-25)22(27)14-20-19-4-1-2-5-21(19)28-24-20/h1-2,4-9H,3,10-14,16H2. The van der Waals surface area contributed by atoms with Crippen LogP contribution in [0.15, 0.2) is 53.1 Å².